The van der Waals surface area contributed by atoms with Gasteiger partial charge in [0.15, 0.2) is 0 Å². The highest BCUT2D eigenvalue weighted by Crippen LogP contribution is 2.47. The van der Waals surface area contributed by atoms with Crippen molar-refractivity contribution >= 4 is 50.3 Å². The van der Waals surface area contributed by atoms with E-state index in [0.29, 0.717) is 0 Å². The van der Waals surface area contributed by atoms with Crippen molar-refractivity contribution in [3.05, 3.63) is 47.7 Å². The average molecular weight is 435 g/mol. The number of nitrogens with one attached hydrogen (secondary N) is 2. The molecule has 1 aliphatic carbocycles. The smallest absolute Gasteiger partial charge is 0.331 e. The molecule has 1 fully saturated rings. The maximum atomic E-state index is 13.3. The summed E-state index contributed by atoms with van der Waals surface area (Å²) < 4.78 is 0. The molecule has 4 N–H and O–H groups in total. The standard InChI is InChI=1S/C23H26N6OS/c1-12(2)17-11-14(7-9-25-17)29-18-8-10-26-22-19(18)20(28-23(29)30)21(31-22)13(3)27-16-6-4-5-15(16)24/h7-12,15-16,27H,3-6,24H2,1-2H3,(H,28,30)/t15?,16-/m1/s1. The zero-order valence-corrected chi connectivity index (χ0v) is 18.5. The molecule has 0 spiro atoms. The number of thiophene rings is 1. The second-order valence-corrected chi connectivity index (χ2v) is 9.50. The number of anilines is 3. The largest absolute Gasteiger partial charge is 0.380 e. The van der Waals surface area contributed by atoms with Gasteiger partial charge in [-0.05, 0) is 43.4 Å². The Morgan fingerprint density at radius 1 is 1.32 bits per heavy atom. The van der Waals surface area contributed by atoms with E-state index in [9.17, 15) is 4.79 Å². The summed E-state index contributed by atoms with van der Waals surface area (Å²) in [7, 11) is 0. The summed E-state index contributed by atoms with van der Waals surface area (Å²) in [6.45, 7) is 8.43. The number of hydrogen-bond donors (Lipinski definition) is 3. The van der Waals surface area contributed by atoms with E-state index in [1.54, 1.807) is 17.3 Å². The van der Waals surface area contributed by atoms with Crippen molar-refractivity contribution in [2.24, 2.45) is 5.73 Å². The monoisotopic (exact) mass is 434 g/mol. The Bertz CT molecular complexity index is 1190. The van der Waals surface area contributed by atoms with Crippen LogP contribution in [0.4, 0.5) is 21.9 Å². The Morgan fingerprint density at radius 3 is 2.87 bits per heavy atom. The van der Waals surface area contributed by atoms with Crippen molar-refractivity contribution in [2.45, 2.75) is 51.1 Å². The predicted molar refractivity (Wildman–Crippen MR) is 127 cm³/mol. The number of hydrogen-bond acceptors (Lipinski definition) is 6. The number of nitrogens with zero attached hydrogens (tertiary/aromatic N) is 3. The molecule has 0 saturated heterocycles. The van der Waals surface area contributed by atoms with Crippen molar-refractivity contribution in [3.8, 4) is 0 Å². The van der Waals surface area contributed by atoms with Gasteiger partial charge in [0.2, 0.25) is 0 Å². The topological polar surface area (TPSA) is 96.2 Å². The van der Waals surface area contributed by atoms with Crippen LogP contribution >= 0.6 is 11.3 Å². The molecule has 4 heterocycles. The SMILES string of the molecule is C=C(N[C@@H]1CCCC1N)c1sc2nccc3c2c1NC(=O)N3c1ccnc(C(C)C)c1. The van der Waals surface area contributed by atoms with Crippen LogP contribution in [0.1, 0.15) is 49.6 Å². The van der Waals surface area contributed by atoms with Crippen LogP contribution in [0.3, 0.4) is 0 Å². The summed E-state index contributed by atoms with van der Waals surface area (Å²) >= 11 is 1.53. The van der Waals surface area contributed by atoms with E-state index in [1.165, 1.54) is 11.3 Å². The fourth-order valence-corrected chi connectivity index (χ4v) is 5.45. The lowest BCUT2D eigenvalue weighted by Crippen LogP contribution is -2.40. The van der Waals surface area contributed by atoms with Gasteiger partial charge in [-0.25, -0.2) is 9.78 Å². The van der Waals surface area contributed by atoms with Crippen LogP contribution in [0.25, 0.3) is 15.9 Å². The maximum Gasteiger partial charge on any atom is 0.331 e. The van der Waals surface area contributed by atoms with E-state index >= 15 is 0 Å². The molecule has 7 nitrogen and oxygen atoms in total. The lowest BCUT2D eigenvalue weighted by atomic mass is 10.1. The molecule has 160 valence electrons. The van der Waals surface area contributed by atoms with Gasteiger partial charge in [-0.15, -0.1) is 11.3 Å². The molecule has 0 bridgehead atoms. The van der Waals surface area contributed by atoms with Gasteiger partial charge in [-0.3, -0.25) is 9.88 Å². The number of urea groups is 1. The van der Waals surface area contributed by atoms with E-state index in [2.05, 4.69) is 41.0 Å². The Balaban J connectivity index is 1.57. The number of aromatic nitrogens is 2. The van der Waals surface area contributed by atoms with Gasteiger partial charge in [-0.2, -0.15) is 0 Å². The van der Waals surface area contributed by atoms with Crippen LogP contribution < -0.4 is 21.3 Å². The fourth-order valence-electron chi connectivity index (χ4n) is 4.40. The highest BCUT2D eigenvalue weighted by Gasteiger charge is 2.32. The van der Waals surface area contributed by atoms with E-state index in [4.69, 9.17) is 5.73 Å². The molecule has 0 aromatic carbocycles. The highest BCUT2D eigenvalue weighted by molar-refractivity contribution is 7.20. The van der Waals surface area contributed by atoms with Gasteiger partial charge in [0, 0.05) is 35.9 Å². The molecule has 3 aromatic rings. The molecule has 1 saturated carbocycles. The number of carbonyl (C=O) groups is 1. The fraction of sp³-hybridized carbons (Fsp3) is 0.348. The predicted octanol–water partition coefficient (Wildman–Crippen LogP) is 4.94. The third-order valence-electron chi connectivity index (χ3n) is 6.06. The molecular weight excluding hydrogens is 408 g/mol. The summed E-state index contributed by atoms with van der Waals surface area (Å²) in [5.74, 6) is 0.268. The first-order valence-electron chi connectivity index (χ1n) is 10.6. The lowest BCUT2D eigenvalue weighted by molar-refractivity contribution is 0.259. The first-order valence-corrected chi connectivity index (χ1v) is 11.5. The van der Waals surface area contributed by atoms with Gasteiger partial charge in [0.05, 0.1) is 27.3 Å². The summed E-state index contributed by atoms with van der Waals surface area (Å²) in [4.78, 5) is 25.7. The van der Waals surface area contributed by atoms with Crippen molar-refractivity contribution in [2.75, 3.05) is 10.2 Å². The lowest BCUT2D eigenvalue weighted by Gasteiger charge is -2.29. The minimum atomic E-state index is -0.203. The Labute approximate surface area is 185 Å². The van der Waals surface area contributed by atoms with Gasteiger partial charge in [-0.1, -0.05) is 20.4 Å². The zero-order chi connectivity index (χ0) is 21.7. The van der Waals surface area contributed by atoms with E-state index in [-0.39, 0.29) is 24.0 Å². The zero-order valence-electron chi connectivity index (χ0n) is 17.7. The van der Waals surface area contributed by atoms with Gasteiger partial charge in [0.1, 0.15) is 4.83 Å². The van der Waals surface area contributed by atoms with Crippen LogP contribution in [0.5, 0.6) is 0 Å². The third kappa shape index (κ3) is 3.36. The minimum absolute atomic E-state index is 0.128. The average Bonchev–Trinajstić information content (AvgIpc) is 3.32. The van der Waals surface area contributed by atoms with Crippen molar-refractivity contribution in [1.82, 2.24) is 15.3 Å². The molecule has 31 heavy (non-hydrogen) atoms. The Kier molecular flexibility index (Phi) is 4.91. The number of carbonyl (C=O) groups excluding carboxylic acids is 1. The van der Waals surface area contributed by atoms with Crippen LogP contribution in [-0.2, 0) is 0 Å². The quantitative estimate of drug-likeness (QED) is 0.529. The normalized spacial score (nSPS) is 20.4. The summed E-state index contributed by atoms with van der Waals surface area (Å²) in [6, 6.07) is 5.85. The van der Waals surface area contributed by atoms with E-state index in [1.807, 2.05) is 18.2 Å². The molecule has 8 heteroatoms. The summed E-state index contributed by atoms with van der Waals surface area (Å²) in [5.41, 5.74) is 10.3. The second-order valence-electron chi connectivity index (χ2n) is 8.50. The van der Waals surface area contributed by atoms with E-state index in [0.717, 1.165) is 62.8 Å². The van der Waals surface area contributed by atoms with Gasteiger partial charge < -0.3 is 16.4 Å². The molecule has 2 atom stereocenters. The van der Waals surface area contributed by atoms with E-state index < -0.39 is 0 Å². The van der Waals surface area contributed by atoms with Crippen LogP contribution in [0.15, 0.2) is 37.2 Å². The van der Waals surface area contributed by atoms with Crippen molar-refractivity contribution < 1.29 is 4.79 Å². The summed E-state index contributed by atoms with van der Waals surface area (Å²) in [6.07, 6.45) is 6.67. The summed E-state index contributed by atoms with van der Waals surface area (Å²) in [5, 5.41) is 7.52. The Hall–Kier alpha value is -2.97. The molecule has 3 aromatic heterocycles. The van der Waals surface area contributed by atoms with Gasteiger partial charge in [0.25, 0.3) is 0 Å². The number of rotatable bonds is 5. The number of amides is 2. The number of pyridine rings is 2. The number of nitrogens with two attached hydrogens (primary N) is 1. The van der Waals surface area contributed by atoms with Crippen LogP contribution in [-0.4, -0.2) is 28.1 Å². The van der Waals surface area contributed by atoms with Crippen molar-refractivity contribution in [1.29, 1.82) is 0 Å². The maximum absolute atomic E-state index is 13.3. The molecule has 5 rings (SSSR count). The second kappa shape index (κ2) is 7.62. The van der Waals surface area contributed by atoms with Crippen LogP contribution in [0, 0.1) is 0 Å². The van der Waals surface area contributed by atoms with Gasteiger partial charge >= 0.3 is 6.03 Å². The molecule has 0 radical (unpaired) electrons. The molecule has 1 unspecified atom stereocenters. The highest BCUT2D eigenvalue weighted by atomic mass is 32.1. The van der Waals surface area contributed by atoms with Crippen molar-refractivity contribution in [3.63, 3.8) is 0 Å². The molecule has 2 amide bonds. The first kappa shape index (κ1) is 20.0. The molecule has 1 aliphatic heterocycles. The first-order chi connectivity index (χ1) is 14.9. The third-order valence-corrected chi connectivity index (χ3v) is 7.22. The van der Waals surface area contributed by atoms with Crippen LogP contribution in [0.2, 0.25) is 0 Å². The minimum Gasteiger partial charge on any atom is -0.380 e. The molecular formula is C23H26N6OS. The molecule has 2 aliphatic rings. The Morgan fingerprint density at radius 2 is 2.13 bits per heavy atom.